The van der Waals surface area contributed by atoms with Gasteiger partial charge in [0.1, 0.15) is 24.2 Å². The van der Waals surface area contributed by atoms with Crippen molar-refractivity contribution in [1.29, 1.82) is 0 Å². The Bertz CT molecular complexity index is 796. The summed E-state index contributed by atoms with van der Waals surface area (Å²) in [5.41, 5.74) is 1.98. The van der Waals surface area contributed by atoms with Gasteiger partial charge in [0.2, 0.25) is 0 Å². The Hall–Kier alpha value is -2.05. The molecular formula is C17H18O5S. The van der Waals surface area contributed by atoms with Gasteiger partial charge in [-0.3, -0.25) is 4.18 Å². The highest BCUT2D eigenvalue weighted by atomic mass is 32.2. The summed E-state index contributed by atoms with van der Waals surface area (Å²) in [5.74, 6) is 1.49. The molecule has 0 aromatic heterocycles. The molecule has 0 N–H and O–H groups in total. The van der Waals surface area contributed by atoms with Gasteiger partial charge in [0.25, 0.3) is 10.1 Å². The molecule has 2 aromatic rings. The van der Waals surface area contributed by atoms with Crippen LogP contribution >= 0.6 is 0 Å². The number of hydrogen-bond acceptors (Lipinski definition) is 5. The van der Waals surface area contributed by atoms with E-state index in [1.165, 1.54) is 0 Å². The standard InChI is InChI=1S/C17H18O5S/c1-12-3-6-16(7-4-12)23(18,19)21-11-15-10-13-9-14(20-2)5-8-17(13)22-15/h3-9,15H,10-11H2,1-2H3/t15-/m0/s1. The molecule has 0 unspecified atom stereocenters. The van der Waals surface area contributed by atoms with Gasteiger partial charge in [-0.1, -0.05) is 17.7 Å². The van der Waals surface area contributed by atoms with Gasteiger partial charge in [-0.2, -0.15) is 8.42 Å². The minimum Gasteiger partial charge on any atom is -0.497 e. The average Bonchev–Trinajstić information content (AvgIpc) is 2.95. The van der Waals surface area contributed by atoms with Crippen molar-refractivity contribution >= 4 is 10.1 Å². The summed E-state index contributed by atoms with van der Waals surface area (Å²) in [6.45, 7) is 1.88. The fourth-order valence-electron chi connectivity index (χ4n) is 2.46. The Morgan fingerprint density at radius 2 is 1.91 bits per heavy atom. The van der Waals surface area contributed by atoms with Crippen LogP contribution in [0.25, 0.3) is 0 Å². The number of aryl methyl sites for hydroxylation is 1. The zero-order chi connectivity index (χ0) is 16.4. The van der Waals surface area contributed by atoms with E-state index < -0.39 is 10.1 Å². The van der Waals surface area contributed by atoms with Crippen molar-refractivity contribution in [2.24, 2.45) is 0 Å². The van der Waals surface area contributed by atoms with E-state index in [2.05, 4.69) is 0 Å². The number of rotatable bonds is 5. The number of ether oxygens (including phenoxy) is 2. The van der Waals surface area contributed by atoms with Crippen LogP contribution in [0, 0.1) is 6.92 Å². The highest BCUT2D eigenvalue weighted by Gasteiger charge is 2.26. The van der Waals surface area contributed by atoms with Crippen LogP contribution in [-0.2, 0) is 20.7 Å². The van der Waals surface area contributed by atoms with Gasteiger partial charge in [-0.05, 0) is 37.3 Å². The lowest BCUT2D eigenvalue weighted by atomic mass is 10.1. The van der Waals surface area contributed by atoms with E-state index in [4.69, 9.17) is 13.7 Å². The molecule has 0 bridgehead atoms. The normalized spacial score (nSPS) is 16.7. The Labute approximate surface area is 135 Å². The van der Waals surface area contributed by atoms with Crippen LogP contribution in [0.2, 0.25) is 0 Å². The van der Waals surface area contributed by atoms with E-state index in [1.807, 2.05) is 25.1 Å². The molecule has 0 amide bonds. The van der Waals surface area contributed by atoms with Gasteiger partial charge in [-0.15, -0.1) is 0 Å². The maximum absolute atomic E-state index is 12.2. The van der Waals surface area contributed by atoms with E-state index in [0.29, 0.717) is 6.42 Å². The average molecular weight is 334 g/mol. The van der Waals surface area contributed by atoms with Crippen molar-refractivity contribution in [1.82, 2.24) is 0 Å². The number of methoxy groups -OCH3 is 1. The van der Waals surface area contributed by atoms with E-state index >= 15 is 0 Å². The van der Waals surface area contributed by atoms with Gasteiger partial charge >= 0.3 is 0 Å². The predicted octanol–water partition coefficient (Wildman–Crippen LogP) is 2.71. The largest absolute Gasteiger partial charge is 0.497 e. The molecule has 122 valence electrons. The molecule has 0 aliphatic carbocycles. The lowest BCUT2D eigenvalue weighted by Crippen LogP contribution is -2.23. The molecule has 2 aromatic carbocycles. The Balaban J connectivity index is 1.64. The summed E-state index contributed by atoms with van der Waals surface area (Å²) >= 11 is 0. The smallest absolute Gasteiger partial charge is 0.297 e. The summed E-state index contributed by atoms with van der Waals surface area (Å²) in [5, 5.41) is 0. The first-order valence-corrected chi connectivity index (χ1v) is 8.68. The van der Waals surface area contributed by atoms with Crippen molar-refractivity contribution in [2.75, 3.05) is 13.7 Å². The molecule has 6 heteroatoms. The third kappa shape index (κ3) is 3.48. The van der Waals surface area contributed by atoms with Gasteiger partial charge in [0.15, 0.2) is 0 Å². The Kier molecular flexibility index (Phi) is 4.28. The minimum absolute atomic E-state index is 0.0206. The second kappa shape index (κ2) is 6.22. The van der Waals surface area contributed by atoms with Crippen molar-refractivity contribution < 1.29 is 22.1 Å². The summed E-state index contributed by atoms with van der Waals surface area (Å²) in [6.07, 6.45) is 0.271. The summed E-state index contributed by atoms with van der Waals surface area (Å²) in [6, 6.07) is 12.1. The first-order chi connectivity index (χ1) is 11.0. The van der Waals surface area contributed by atoms with Gasteiger partial charge in [0, 0.05) is 12.0 Å². The van der Waals surface area contributed by atoms with Gasteiger partial charge in [-0.25, -0.2) is 0 Å². The topological polar surface area (TPSA) is 61.8 Å². The SMILES string of the molecule is COc1ccc2c(c1)C[C@@H](COS(=O)(=O)c1ccc(C)cc1)O2. The van der Waals surface area contributed by atoms with Crippen molar-refractivity contribution in [3.8, 4) is 11.5 Å². The molecule has 1 heterocycles. The molecule has 23 heavy (non-hydrogen) atoms. The quantitative estimate of drug-likeness (QED) is 0.787. The van der Waals surface area contributed by atoms with E-state index in [9.17, 15) is 8.42 Å². The molecular weight excluding hydrogens is 316 g/mol. The number of hydrogen-bond donors (Lipinski definition) is 0. The van der Waals surface area contributed by atoms with E-state index in [1.54, 1.807) is 31.4 Å². The molecule has 0 radical (unpaired) electrons. The fraction of sp³-hybridized carbons (Fsp3) is 0.294. The lowest BCUT2D eigenvalue weighted by Gasteiger charge is -2.11. The first-order valence-electron chi connectivity index (χ1n) is 7.27. The molecule has 0 saturated carbocycles. The predicted molar refractivity (Wildman–Crippen MR) is 85.4 cm³/mol. The van der Waals surface area contributed by atoms with Crippen LogP contribution in [0.5, 0.6) is 11.5 Å². The number of fused-ring (bicyclic) bond motifs is 1. The van der Waals surface area contributed by atoms with Crippen molar-refractivity contribution in [3.05, 3.63) is 53.6 Å². The maximum Gasteiger partial charge on any atom is 0.297 e. The molecule has 5 nitrogen and oxygen atoms in total. The molecule has 1 aliphatic rings. The first kappa shape index (κ1) is 15.8. The minimum atomic E-state index is -3.77. The van der Waals surface area contributed by atoms with E-state index in [-0.39, 0.29) is 17.6 Å². The van der Waals surface area contributed by atoms with Crippen molar-refractivity contribution in [2.45, 2.75) is 24.3 Å². The van der Waals surface area contributed by atoms with Crippen LogP contribution in [-0.4, -0.2) is 28.2 Å². The molecule has 0 fully saturated rings. The fourth-order valence-corrected chi connectivity index (χ4v) is 3.39. The lowest BCUT2D eigenvalue weighted by molar-refractivity contribution is 0.152. The molecule has 1 aliphatic heterocycles. The third-order valence-electron chi connectivity index (χ3n) is 3.73. The van der Waals surface area contributed by atoms with Crippen LogP contribution in [0.1, 0.15) is 11.1 Å². The number of benzene rings is 2. The summed E-state index contributed by atoms with van der Waals surface area (Å²) in [7, 11) is -2.17. The highest BCUT2D eigenvalue weighted by molar-refractivity contribution is 7.86. The zero-order valence-corrected chi connectivity index (χ0v) is 13.8. The second-order valence-electron chi connectivity index (χ2n) is 5.47. The zero-order valence-electron chi connectivity index (χ0n) is 13.0. The van der Waals surface area contributed by atoms with E-state index in [0.717, 1.165) is 22.6 Å². The van der Waals surface area contributed by atoms with Crippen LogP contribution in [0.15, 0.2) is 47.4 Å². The van der Waals surface area contributed by atoms with Crippen LogP contribution in [0.3, 0.4) is 0 Å². The van der Waals surface area contributed by atoms with Gasteiger partial charge in [0.05, 0.1) is 12.0 Å². The molecule has 0 saturated heterocycles. The highest BCUT2D eigenvalue weighted by Crippen LogP contribution is 2.32. The van der Waals surface area contributed by atoms with Crippen molar-refractivity contribution in [3.63, 3.8) is 0 Å². The third-order valence-corrected chi connectivity index (χ3v) is 5.02. The summed E-state index contributed by atoms with van der Waals surface area (Å²) in [4.78, 5) is 0.153. The molecule has 3 rings (SSSR count). The Morgan fingerprint density at radius 3 is 2.61 bits per heavy atom. The second-order valence-corrected chi connectivity index (χ2v) is 7.08. The monoisotopic (exact) mass is 334 g/mol. The molecule has 0 spiro atoms. The maximum atomic E-state index is 12.2. The van der Waals surface area contributed by atoms with Crippen LogP contribution < -0.4 is 9.47 Å². The molecule has 1 atom stereocenters. The van der Waals surface area contributed by atoms with Crippen LogP contribution in [0.4, 0.5) is 0 Å². The van der Waals surface area contributed by atoms with Gasteiger partial charge < -0.3 is 9.47 Å². The summed E-state index contributed by atoms with van der Waals surface area (Å²) < 4.78 is 40.4. The Morgan fingerprint density at radius 1 is 1.17 bits per heavy atom.